The Bertz CT molecular complexity index is 282. The molecule has 1 saturated heterocycles. The first-order valence-corrected chi connectivity index (χ1v) is 7.21. The third-order valence-corrected chi connectivity index (χ3v) is 4.41. The summed E-state index contributed by atoms with van der Waals surface area (Å²) in [5.41, 5.74) is 0. The van der Waals surface area contributed by atoms with Gasteiger partial charge in [-0.2, -0.15) is 0 Å². The van der Waals surface area contributed by atoms with Crippen LogP contribution in [0.15, 0.2) is 0 Å². The van der Waals surface area contributed by atoms with Crippen molar-refractivity contribution in [1.29, 1.82) is 0 Å². The highest BCUT2D eigenvalue weighted by Gasteiger charge is 2.30. The van der Waals surface area contributed by atoms with Crippen LogP contribution in [0.25, 0.3) is 0 Å². The van der Waals surface area contributed by atoms with E-state index in [-0.39, 0.29) is 24.5 Å². The van der Waals surface area contributed by atoms with Gasteiger partial charge in [0.25, 0.3) is 0 Å². The molecule has 4 atom stereocenters. The van der Waals surface area contributed by atoms with Gasteiger partial charge in [0.15, 0.2) is 0 Å². The van der Waals surface area contributed by atoms with E-state index in [0.29, 0.717) is 18.4 Å². The molecule has 1 amide bonds. The first kappa shape index (κ1) is 13.8. The van der Waals surface area contributed by atoms with Crippen LogP contribution >= 0.6 is 0 Å². The second kappa shape index (κ2) is 6.53. The molecule has 1 aliphatic carbocycles. The minimum atomic E-state index is 0.0242. The molecule has 2 aliphatic rings. The third kappa shape index (κ3) is 3.45. The smallest absolute Gasteiger partial charge is 0.225 e. The molecule has 0 aromatic carbocycles. The van der Waals surface area contributed by atoms with Crippen molar-refractivity contribution in [2.45, 2.75) is 45.1 Å². The molecule has 1 aliphatic heterocycles. The molecule has 0 bridgehead atoms. The second-order valence-corrected chi connectivity index (χ2v) is 5.81. The molecule has 2 fully saturated rings. The van der Waals surface area contributed by atoms with E-state index < -0.39 is 0 Å². The maximum atomic E-state index is 12.0. The van der Waals surface area contributed by atoms with Crippen molar-refractivity contribution in [1.82, 2.24) is 5.32 Å². The summed E-state index contributed by atoms with van der Waals surface area (Å²) in [6.45, 7) is 3.54. The summed E-state index contributed by atoms with van der Waals surface area (Å²) in [5.74, 6) is 0.975. The SMILES string of the molecule is CC1CC(C(=O)NCC2CCCCC2CO)CO1. The van der Waals surface area contributed by atoms with Gasteiger partial charge in [0.1, 0.15) is 0 Å². The zero-order chi connectivity index (χ0) is 13.0. The van der Waals surface area contributed by atoms with Crippen LogP contribution in [0.4, 0.5) is 0 Å². The Labute approximate surface area is 109 Å². The standard InChI is InChI=1S/C14H25NO3/c1-10-6-13(9-18-10)14(17)15-7-11-4-2-3-5-12(11)8-16/h10-13,16H,2-9H2,1H3,(H,15,17). The van der Waals surface area contributed by atoms with Crippen molar-refractivity contribution in [3.8, 4) is 0 Å². The molecular formula is C14H25NO3. The molecule has 1 saturated carbocycles. The Morgan fingerprint density at radius 2 is 2.06 bits per heavy atom. The Morgan fingerprint density at radius 1 is 1.33 bits per heavy atom. The Morgan fingerprint density at radius 3 is 2.67 bits per heavy atom. The summed E-state index contributed by atoms with van der Waals surface area (Å²) < 4.78 is 5.42. The number of hydrogen-bond donors (Lipinski definition) is 2. The molecule has 0 aromatic heterocycles. The van der Waals surface area contributed by atoms with Gasteiger partial charge >= 0.3 is 0 Å². The van der Waals surface area contributed by atoms with Crippen LogP contribution < -0.4 is 5.32 Å². The number of aliphatic hydroxyl groups excluding tert-OH is 1. The molecule has 1 heterocycles. The molecule has 4 nitrogen and oxygen atoms in total. The fraction of sp³-hybridized carbons (Fsp3) is 0.929. The molecule has 2 N–H and O–H groups in total. The van der Waals surface area contributed by atoms with Gasteiger partial charge in [0, 0.05) is 13.2 Å². The number of carbonyl (C=O) groups is 1. The summed E-state index contributed by atoms with van der Waals surface area (Å²) in [5, 5.41) is 12.4. The second-order valence-electron chi connectivity index (χ2n) is 5.81. The van der Waals surface area contributed by atoms with E-state index in [0.717, 1.165) is 25.8 Å². The van der Waals surface area contributed by atoms with Gasteiger partial charge < -0.3 is 15.2 Å². The number of aliphatic hydroxyl groups is 1. The van der Waals surface area contributed by atoms with Gasteiger partial charge in [0.05, 0.1) is 18.6 Å². The van der Waals surface area contributed by atoms with Crippen LogP contribution in [0, 0.1) is 17.8 Å². The van der Waals surface area contributed by atoms with Crippen LogP contribution in [0.2, 0.25) is 0 Å². The largest absolute Gasteiger partial charge is 0.396 e. The topological polar surface area (TPSA) is 58.6 Å². The maximum absolute atomic E-state index is 12.0. The van der Waals surface area contributed by atoms with Crippen LogP contribution in [0.1, 0.15) is 39.0 Å². The number of hydrogen-bond acceptors (Lipinski definition) is 3. The van der Waals surface area contributed by atoms with Gasteiger partial charge in [-0.25, -0.2) is 0 Å². The Kier molecular flexibility index (Phi) is 5.01. The summed E-state index contributed by atoms with van der Waals surface area (Å²) in [7, 11) is 0. The normalized spacial score (nSPS) is 36.6. The van der Waals surface area contributed by atoms with Gasteiger partial charge in [-0.1, -0.05) is 12.8 Å². The lowest BCUT2D eigenvalue weighted by Crippen LogP contribution is -2.38. The number of ether oxygens (including phenoxy) is 1. The van der Waals surface area contributed by atoms with Gasteiger partial charge in [-0.3, -0.25) is 4.79 Å². The summed E-state index contributed by atoms with van der Waals surface area (Å²) in [6.07, 6.45) is 5.70. The number of amides is 1. The van der Waals surface area contributed by atoms with E-state index in [9.17, 15) is 9.90 Å². The van der Waals surface area contributed by atoms with E-state index in [2.05, 4.69) is 5.32 Å². The highest BCUT2D eigenvalue weighted by atomic mass is 16.5. The van der Waals surface area contributed by atoms with Crippen LogP contribution in [-0.4, -0.2) is 36.9 Å². The molecule has 2 rings (SSSR count). The molecule has 18 heavy (non-hydrogen) atoms. The van der Waals surface area contributed by atoms with Gasteiger partial charge in [-0.15, -0.1) is 0 Å². The number of rotatable bonds is 4. The fourth-order valence-corrected chi connectivity index (χ4v) is 3.17. The van der Waals surface area contributed by atoms with Gasteiger partial charge in [-0.05, 0) is 38.0 Å². The van der Waals surface area contributed by atoms with E-state index in [1.54, 1.807) is 0 Å². The number of nitrogens with one attached hydrogen (secondary N) is 1. The molecule has 0 spiro atoms. The Hall–Kier alpha value is -0.610. The fourth-order valence-electron chi connectivity index (χ4n) is 3.17. The predicted octanol–water partition coefficient (Wildman–Crippen LogP) is 1.33. The van der Waals surface area contributed by atoms with Crippen molar-refractivity contribution < 1.29 is 14.6 Å². The predicted molar refractivity (Wildman–Crippen MR) is 69.1 cm³/mol. The van der Waals surface area contributed by atoms with E-state index in [1.807, 2.05) is 6.92 Å². The van der Waals surface area contributed by atoms with E-state index in [4.69, 9.17) is 4.74 Å². The van der Waals surface area contributed by atoms with Crippen LogP contribution in [-0.2, 0) is 9.53 Å². The lowest BCUT2D eigenvalue weighted by Gasteiger charge is -2.30. The lowest BCUT2D eigenvalue weighted by molar-refractivity contribution is -0.125. The van der Waals surface area contributed by atoms with Crippen molar-refractivity contribution in [3.63, 3.8) is 0 Å². The number of carbonyl (C=O) groups excluding carboxylic acids is 1. The molecule has 4 unspecified atom stereocenters. The molecule has 104 valence electrons. The lowest BCUT2D eigenvalue weighted by atomic mass is 9.79. The first-order chi connectivity index (χ1) is 8.70. The molecule has 0 aromatic rings. The average Bonchev–Trinajstić information content (AvgIpc) is 2.83. The Balaban J connectivity index is 1.74. The first-order valence-electron chi connectivity index (χ1n) is 7.21. The maximum Gasteiger partial charge on any atom is 0.225 e. The van der Waals surface area contributed by atoms with Gasteiger partial charge in [0.2, 0.25) is 5.91 Å². The molecular weight excluding hydrogens is 230 g/mol. The quantitative estimate of drug-likeness (QED) is 0.796. The van der Waals surface area contributed by atoms with Crippen molar-refractivity contribution >= 4 is 5.91 Å². The summed E-state index contributed by atoms with van der Waals surface area (Å²) in [4.78, 5) is 12.0. The minimum absolute atomic E-state index is 0.0242. The minimum Gasteiger partial charge on any atom is -0.396 e. The molecule has 4 heteroatoms. The van der Waals surface area contributed by atoms with Crippen molar-refractivity contribution in [2.75, 3.05) is 19.8 Å². The molecule has 0 radical (unpaired) electrons. The van der Waals surface area contributed by atoms with E-state index in [1.165, 1.54) is 12.8 Å². The summed E-state index contributed by atoms with van der Waals surface area (Å²) >= 11 is 0. The highest BCUT2D eigenvalue weighted by molar-refractivity contribution is 5.79. The summed E-state index contributed by atoms with van der Waals surface area (Å²) in [6, 6.07) is 0. The van der Waals surface area contributed by atoms with Crippen molar-refractivity contribution in [2.24, 2.45) is 17.8 Å². The van der Waals surface area contributed by atoms with Crippen LogP contribution in [0.5, 0.6) is 0 Å². The third-order valence-electron chi connectivity index (χ3n) is 4.41. The average molecular weight is 255 g/mol. The zero-order valence-electron chi connectivity index (χ0n) is 11.2. The highest BCUT2D eigenvalue weighted by Crippen LogP contribution is 2.29. The van der Waals surface area contributed by atoms with Crippen molar-refractivity contribution in [3.05, 3.63) is 0 Å². The van der Waals surface area contributed by atoms with E-state index >= 15 is 0 Å². The zero-order valence-corrected chi connectivity index (χ0v) is 11.2. The monoisotopic (exact) mass is 255 g/mol. The van der Waals surface area contributed by atoms with Crippen LogP contribution in [0.3, 0.4) is 0 Å².